The molecule has 0 fully saturated rings. The lowest BCUT2D eigenvalue weighted by atomic mass is 10.0. The molecule has 0 spiro atoms. The van der Waals surface area contributed by atoms with Crippen molar-refractivity contribution in [2.45, 2.75) is 13.3 Å². The van der Waals surface area contributed by atoms with E-state index in [0.717, 1.165) is 11.1 Å². The molecule has 0 aliphatic carbocycles. The summed E-state index contributed by atoms with van der Waals surface area (Å²) in [6.07, 6.45) is 1.82. The molecule has 0 bridgehead atoms. The highest BCUT2D eigenvalue weighted by Crippen LogP contribution is 2.33. The van der Waals surface area contributed by atoms with E-state index < -0.39 is 10.8 Å². The summed E-state index contributed by atoms with van der Waals surface area (Å²) in [6, 6.07) is 18.0. The van der Waals surface area contributed by atoms with Gasteiger partial charge in [0.05, 0.1) is 11.5 Å². The molecule has 0 unspecified atom stereocenters. The van der Waals surface area contributed by atoms with Crippen molar-refractivity contribution in [1.29, 1.82) is 5.26 Å². The van der Waals surface area contributed by atoms with Crippen LogP contribution in [0.2, 0.25) is 10.0 Å². The minimum atomic E-state index is -0.711. The van der Waals surface area contributed by atoms with Gasteiger partial charge in [0.1, 0.15) is 17.4 Å². The van der Waals surface area contributed by atoms with Crippen molar-refractivity contribution in [3.63, 3.8) is 0 Å². The van der Waals surface area contributed by atoms with Gasteiger partial charge in [-0.25, -0.2) is 0 Å². The molecule has 3 rings (SSSR count). The van der Waals surface area contributed by atoms with Crippen LogP contribution in [0.5, 0.6) is 5.75 Å². The number of non-ortho nitro benzene ring substituents is 1. The first-order valence-corrected chi connectivity index (χ1v) is 10.9. The Morgan fingerprint density at radius 2 is 1.91 bits per heavy atom. The molecule has 9 heteroatoms. The number of halogens is 2. The van der Waals surface area contributed by atoms with Crippen molar-refractivity contribution in [2.24, 2.45) is 0 Å². The van der Waals surface area contributed by atoms with Crippen molar-refractivity contribution < 1.29 is 14.5 Å². The SMILES string of the molecule is CCOc1cc(/C=C(\C#N)C(=O)Nc2cccc([N+](=O)[O-])c2)cc(Cl)c1Cc1ccccc1Cl. The second-order valence-corrected chi connectivity index (χ2v) is 7.93. The predicted octanol–water partition coefficient (Wildman–Crippen LogP) is 6.44. The van der Waals surface area contributed by atoms with E-state index in [4.69, 9.17) is 27.9 Å². The number of benzene rings is 3. The summed E-state index contributed by atoms with van der Waals surface area (Å²) in [4.78, 5) is 23.0. The fourth-order valence-corrected chi connectivity index (χ4v) is 3.70. The minimum absolute atomic E-state index is 0.178. The second kappa shape index (κ2) is 11.3. The standard InChI is InChI=1S/C25H19Cl2N3O4/c1-2-34-24-12-16(11-23(27)21(24)13-17-6-3-4-9-22(17)26)10-18(15-28)25(31)29-19-7-5-8-20(14-19)30(32)33/h3-12,14H,2,13H2,1H3,(H,29,31)/b18-10+. The topological polar surface area (TPSA) is 105 Å². The molecule has 1 N–H and O–H groups in total. The second-order valence-electron chi connectivity index (χ2n) is 7.11. The zero-order valence-corrected chi connectivity index (χ0v) is 19.6. The van der Waals surface area contributed by atoms with Crippen LogP contribution in [0.4, 0.5) is 11.4 Å². The molecule has 0 radical (unpaired) electrons. The number of carbonyl (C=O) groups excluding carboxylic acids is 1. The first kappa shape index (κ1) is 24.8. The van der Waals surface area contributed by atoms with Gasteiger partial charge in [-0.05, 0) is 48.4 Å². The summed E-state index contributed by atoms with van der Waals surface area (Å²) < 4.78 is 5.77. The number of anilines is 1. The van der Waals surface area contributed by atoms with Crippen LogP contribution >= 0.6 is 23.2 Å². The van der Waals surface area contributed by atoms with Crippen LogP contribution in [0.3, 0.4) is 0 Å². The molecular weight excluding hydrogens is 477 g/mol. The number of nitrogens with zero attached hydrogens (tertiary/aromatic N) is 2. The van der Waals surface area contributed by atoms with Crippen molar-refractivity contribution in [3.8, 4) is 11.8 Å². The number of hydrogen-bond acceptors (Lipinski definition) is 5. The number of nitro groups is 1. The highest BCUT2D eigenvalue weighted by atomic mass is 35.5. The predicted molar refractivity (Wildman–Crippen MR) is 132 cm³/mol. The van der Waals surface area contributed by atoms with Crippen LogP contribution in [0.1, 0.15) is 23.6 Å². The van der Waals surface area contributed by atoms with Crippen LogP contribution in [0, 0.1) is 21.4 Å². The maximum absolute atomic E-state index is 12.6. The fraction of sp³-hybridized carbons (Fsp3) is 0.120. The molecule has 0 aliphatic rings. The monoisotopic (exact) mass is 495 g/mol. The van der Waals surface area contributed by atoms with Gasteiger partial charge in [0.2, 0.25) is 0 Å². The highest BCUT2D eigenvalue weighted by molar-refractivity contribution is 6.32. The zero-order valence-electron chi connectivity index (χ0n) is 18.0. The van der Waals surface area contributed by atoms with Crippen LogP contribution in [0.25, 0.3) is 6.08 Å². The van der Waals surface area contributed by atoms with Gasteiger partial charge in [-0.2, -0.15) is 5.26 Å². The summed E-state index contributed by atoms with van der Waals surface area (Å²) >= 11 is 12.8. The summed E-state index contributed by atoms with van der Waals surface area (Å²) in [6.45, 7) is 2.22. The lowest BCUT2D eigenvalue weighted by Gasteiger charge is -2.14. The molecular formula is C25H19Cl2N3O4. The molecule has 0 heterocycles. The van der Waals surface area contributed by atoms with Crippen molar-refractivity contribution in [1.82, 2.24) is 0 Å². The molecule has 0 aromatic heterocycles. The minimum Gasteiger partial charge on any atom is -0.494 e. The van der Waals surface area contributed by atoms with Gasteiger partial charge in [0, 0.05) is 39.8 Å². The maximum atomic E-state index is 12.6. The van der Waals surface area contributed by atoms with Crippen molar-refractivity contribution in [3.05, 3.63) is 103 Å². The zero-order chi connectivity index (χ0) is 24.7. The first-order chi connectivity index (χ1) is 16.3. The van der Waals surface area contributed by atoms with Crippen molar-refractivity contribution in [2.75, 3.05) is 11.9 Å². The number of nitriles is 1. The van der Waals surface area contributed by atoms with Gasteiger partial charge in [0.25, 0.3) is 11.6 Å². The van der Waals surface area contributed by atoms with Crippen LogP contribution in [-0.2, 0) is 11.2 Å². The Morgan fingerprint density at radius 3 is 2.59 bits per heavy atom. The van der Waals surface area contributed by atoms with E-state index in [9.17, 15) is 20.2 Å². The van der Waals surface area contributed by atoms with Gasteiger partial charge < -0.3 is 10.1 Å². The maximum Gasteiger partial charge on any atom is 0.271 e. The number of ether oxygens (including phenoxy) is 1. The van der Waals surface area contributed by atoms with E-state index in [1.165, 1.54) is 30.3 Å². The van der Waals surface area contributed by atoms with E-state index in [0.29, 0.717) is 34.4 Å². The third kappa shape index (κ3) is 6.13. The Labute approximate surface area is 206 Å². The van der Waals surface area contributed by atoms with E-state index in [1.54, 1.807) is 18.2 Å². The highest BCUT2D eigenvalue weighted by Gasteiger charge is 2.16. The molecule has 7 nitrogen and oxygen atoms in total. The molecule has 3 aromatic rings. The molecule has 0 atom stereocenters. The van der Waals surface area contributed by atoms with E-state index in [2.05, 4.69) is 5.32 Å². The molecule has 0 aliphatic heterocycles. The molecule has 1 amide bonds. The lowest BCUT2D eigenvalue weighted by Crippen LogP contribution is -2.13. The van der Waals surface area contributed by atoms with Gasteiger partial charge in [-0.15, -0.1) is 0 Å². The smallest absolute Gasteiger partial charge is 0.271 e. The fourth-order valence-electron chi connectivity index (χ4n) is 3.21. The van der Waals surface area contributed by atoms with Crippen LogP contribution < -0.4 is 10.1 Å². The molecule has 172 valence electrons. The Hall–Kier alpha value is -3.86. The van der Waals surface area contributed by atoms with Gasteiger partial charge >= 0.3 is 0 Å². The van der Waals surface area contributed by atoms with Gasteiger partial charge in [-0.3, -0.25) is 14.9 Å². The first-order valence-electron chi connectivity index (χ1n) is 10.2. The number of carbonyl (C=O) groups is 1. The quantitative estimate of drug-likeness (QED) is 0.167. The number of nitro benzene ring substituents is 1. The van der Waals surface area contributed by atoms with E-state index in [-0.39, 0.29) is 16.9 Å². The third-order valence-corrected chi connectivity index (χ3v) is 5.50. The van der Waals surface area contributed by atoms with Crippen LogP contribution in [-0.4, -0.2) is 17.4 Å². The number of nitrogens with one attached hydrogen (secondary N) is 1. The van der Waals surface area contributed by atoms with E-state index in [1.807, 2.05) is 31.2 Å². The summed E-state index contributed by atoms with van der Waals surface area (Å²) in [5.41, 5.74) is 1.91. The number of amides is 1. The Bertz CT molecular complexity index is 1320. The largest absolute Gasteiger partial charge is 0.494 e. The van der Waals surface area contributed by atoms with Crippen LogP contribution in [0.15, 0.2) is 66.2 Å². The Kier molecular flexibility index (Phi) is 8.25. The Morgan fingerprint density at radius 1 is 1.15 bits per heavy atom. The number of hydrogen-bond donors (Lipinski definition) is 1. The third-order valence-electron chi connectivity index (χ3n) is 4.79. The summed E-state index contributed by atoms with van der Waals surface area (Å²) in [5, 5.41) is 24.0. The van der Waals surface area contributed by atoms with Gasteiger partial charge in [-0.1, -0.05) is 47.5 Å². The number of rotatable bonds is 8. The molecule has 0 saturated heterocycles. The summed E-state index contributed by atoms with van der Waals surface area (Å²) in [5.74, 6) is -0.199. The van der Waals surface area contributed by atoms with Crippen molar-refractivity contribution >= 4 is 46.6 Å². The summed E-state index contributed by atoms with van der Waals surface area (Å²) in [7, 11) is 0. The average Bonchev–Trinajstić information content (AvgIpc) is 2.81. The normalized spacial score (nSPS) is 10.9. The van der Waals surface area contributed by atoms with Gasteiger partial charge in [0.15, 0.2) is 0 Å². The lowest BCUT2D eigenvalue weighted by molar-refractivity contribution is -0.384. The Balaban J connectivity index is 1.91. The molecule has 3 aromatic carbocycles. The van der Waals surface area contributed by atoms with E-state index >= 15 is 0 Å². The molecule has 34 heavy (non-hydrogen) atoms. The average molecular weight is 496 g/mol. The molecule has 0 saturated carbocycles.